The third kappa shape index (κ3) is 6.45. The van der Waals surface area contributed by atoms with Gasteiger partial charge in [-0.25, -0.2) is 26.7 Å². The van der Waals surface area contributed by atoms with Gasteiger partial charge in [-0.05, 0) is 60.0 Å². The molecule has 1 atom stereocenters. The molecular formula is C27H22ClF2N3O4S. The normalized spacial score (nSPS) is 12.0. The number of aromatic nitrogens is 1. The second-order valence-corrected chi connectivity index (χ2v) is 10.3. The van der Waals surface area contributed by atoms with E-state index in [0.29, 0.717) is 17.0 Å². The van der Waals surface area contributed by atoms with E-state index < -0.39 is 33.7 Å². The lowest BCUT2D eigenvalue weighted by atomic mass is 9.95. The average molecular weight is 558 g/mol. The van der Waals surface area contributed by atoms with Gasteiger partial charge in [0.2, 0.25) is 0 Å². The van der Waals surface area contributed by atoms with Crippen LogP contribution in [-0.4, -0.2) is 26.5 Å². The van der Waals surface area contributed by atoms with E-state index in [4.69, 9.17) is 16.3 Å². The quantitative estimate of drug-likeness (QED) is 0.291. The zero-order chi connectivity index (χ0) is 27.3. The largest absolute Gasteiger partial charge is 0.497 e. The summed E-state index contributed by atoms with van der Waals surface area (Å²) in [6.45, 7) is 0. The van der Waals surface area contributed by atoms with E-state index >= 15 is 0 Å². The van der Waals surface area contributed by atoms with Gasteiger partial charge in [0.05, 0.1) is 23.9 Å². The van der Waals surface area contributed by atoms with Crippen LogP contribution in [0.3, 0.4) is 0 Å². The fourth-order valence-electron chi connectivity index (χ4n) is 3.92. The standard InChI is InChI=1S/C27H22ClF2N3O4S/c1-37-21-10-8-18(9-11-21)22-5-4-12-31-26(22)24(15-17-13-19(29)16-20(30)14-17)32-27(34)33-38(35,36)25-7-3-2-6-23(25)28/h2-14,16,24H,15H2,1H3,(H2,32,33,34)/t24-/m1/s1. The predicted octanol–water partition coefficient (Wildman–Crippen LogP) is 5.66. The van der Waals surface area contributed by atoms with E-state index in [-0.39, 0.29) is 21.9 Å². The average Bonchev–Trinajstić information content (AvgIpc) is 2.87. The number of carbonyl (C=O) groups excluding carboxylic acids is 1. The molecule has 0 aliphatic carbocycles. The molecule has 4 rings (SSSR count). The summed E-state index contributed by atoms with van der Waals surface area (Å²) in [6.07, 6.45) is 1.41. The third-order valence-electron chi connectivity index (χ3n) is 5.59. The SMILES string of the molecule is COc1ccc(-c2cccnc2[C@@H](Cc2cc(F)cc(F)c2)NC(=O)NS(=O)(=O)c2ccccc2Cl)cc1. The van der Waals surface area contributed by atoms with Crippen molar-refractivity contribution in [3.63, 3.8) is 0 Å². The molecule has 0 aliphatic rings. The Hall–Kier alpha value is -4.02. The molecule has 0 saturated carbocycles. The van der Waals surface area contributed by atoms with Gasteiger partial charge in [0.25, 0.3) is 10.0 Å². The second-order valence-electron chi connectivity index (χ2n) is 8.21. The number of pyridine rings is 1. The minimum absolute atomic E-state index is 0.0638. The summed E-state index contributed by atoms with van der Waals surface area (Å²) in [4.78, 5) is 17.1. The molecule has 2 amide bonds. The van der Waals surface area contributed by atoms with E-state index in [2.05, 4.69) is 10.3 Å². The molecule has 196 valence electrons. The molecule has 0 fully saturated rings. The zero-order valence-corrected chi connectivity index (χ0v) is 21.6. The highest BCUT2D eigenvalue weighted by atomic mass is 35.5. The van der Waals surface area contributed by atoms with Crippen molar-refractivity contribution in [3.8, 4) is 16.9 Å². The summed E-state index contributed by atoms with van der Waals surface area (Å²) >= 11 is 6.00. The van der Waals surface area contributed by atoms with Gasteiger partial charge in [-0.1, -0.05) is 41.9 Å². The molecule has 1 aromatic heterocycles. The molecule has 2 N–H and O–H groups in total. The first-order chi connectivity index (χ1) is 18.2. The molecule has 0 spiro atoms. The van der Waals surface area contributed by atoms with Gasteiger partial charge in [0.1, 0.15) is 22.3 Å². The molecule has 0 bridgehead atoms. The van der Waals surface area contributed by atoms with Crippen molar-refractivity contribution in [1.82, 2.24) is 15.0 Å². The number of amides is 2. The lowest BCUT2D eigenvalue weighted by molar-refractivity contribution is 0.242. The van der Waals surface area contributed by atoms with Crippen LogP contribution in [0.25, 0.3) is 11.1 Å². The maximum atomic E-state index is 13.9. The van der Waals surface area contributed by atoms with Crippen molar-refractivity contribution >= 4 is 27.7 Å². The Morgan fingerprint density at radius 3 is 2.34 bits per heavy atom. The first-order valence-electron chi connectivity index (χ1n) is 11.3. The van der Waals surface area contributed by atoms with Crippen LogP contribution in [0.2, 0.25) is 5.02 Å². The Morgan fingerprint density at radius 1 is 1.00 bits per heavy atom. The highest BCUT2D eigenvalue weighted by molar-refractivity contribution is 7.90. The number of ether oxygens (including phenoxy) is 1. The number of hydrogen-bond donors (Lipinski definition) is 2. The molecule has 0 radical (unpaired) electrons. The molecule has 0 aliphatic heterocycles. The van der Waals surface area contributed by atoms with Gasteiger partial charge in [0, 0.05) is 17.8 Å². The first kappa shape index (κ1) is 27.0. The van der Waals surface area contributed by atoms with Crippen molar-refractivity contribution in [1.29, 1.82) is 0 Å². The number of carbonyl (C=O) groups is 1. The maximum Gasteiger partial charge on any atom is 0.329 e. The van der Waals surface area contributed by atoms with Gasteiger partial charge in [-0.15, -0.1) is 0 Å². The Bertz CT molecular complexity index is 1550. The summed E-state index contributed by atoms with van der Waals surface area (Å²) in [5, 5.41) is 2.53. The summed E-state index contributed by atoms with van der Waals surface area (Å²) in [7, 11) is -2.78. The van der Waals surface area contributed by atoms with Crippen LogP contribution in [0.1, 0.15) is 17.3 Å². The smallest absolute Gasteiger partial charge is 0.329 e. The Labute approximate surface area is 223 Å². The van der Waals surface area contributed by atoms with Gasteiger partial charge < -0.3 is 10.1 Å². The molecule has 11 heteroatoms. The van der Waals surface area contributed by atoms with Crippen LogP contribution in [0.15, 0.2) is 90.0 Å². The summed E-state index contributed by atoms with van der Waals surface area (Å²) in [6, 6.07) is 17.2. The summed E-state index contributed by atoms with van der Waals surface area (Å²) in [5.74, 6) is -0.949. The monoisotopic (exact) mass is 557 g/mol. The Morgan fingerprint density at radius 2 is 1.68 bits per heavy atom. The van der Waals surface area contributed by atoms with E-state index in [0.717, 1.165) is 23.8 Å². The fourth-order valence-corrected chi connectivity index (χ4v) is 5.35. The minimum atomic E-state index is -4.32. The van der Waals surface area contributed by atoms with Crippen molar-refractivity contribution in [2.45, 2.75) is 17.4 Å². The number of nitrogens with one attached hydrogen (secondary N) is 2. The number of rotatable bonds is 8. The van der Waals surface area contributed by atoms with Crippen LogP contribution in [0, 0.1) is 11.6 Å². The van der Waals surface area contributed by atoms with Crippen molar-refractivity contribution in [2.75, 3.05) is 7.11 Å². The third-order valence-corrected chi connectivity index (χ3v) is 7.42. The number of urea groups is 1. The predicted molar refractivity (Wildman–Crippen MR) is 139 cm³/mol. The van der Waals surface area contributed by atoms with Crippen molar-refractivity contribution in [2.24, 2.45) is 0 Å². The molecule has 3 aromatic carbocycles. The number of sulfonamides is 1. The van der Waals surface area contributed by atoms with Gasteiger partial charge in [0.15, 0.2) is 0 Å². The highest BCUT2D eigenvalue weighted by Gasteiger charge is 2.25. The van der Waals surface area contributed by atoms with E-state index in [1.807, 2.05) is 4.72 Å². The lowest BCUT2D eigenvalue weighted by Gasteiger charge is -2.22. The van der Waals surface area contributed by atoms with E-state index in [1.54, 1.807) is 42.5 Å². The molecule has 4 aromatic rings. The number of hydrogen-bond acceptors (Lipinski definition) is 5. The number of nitrogens with zero attached hydrogens (tertiary/aromatic N) is 1. The first-order valence-corrected chi connectivity index (χ1v) is 13.1. The van der Waals surface area contributed by atoms with E-state index in [1.165, 1.54) is 31.5 Å². The van der Waals surface area contributed by atoms with Crippen molar-refractivity contribution < 1.29 is 26.7 Å². The number of methoxy groups -OCH3 is 1. The summed E-state index contributed by atoms with van der Waals surface area (Å²) < 4.78 is 60.6. The molecule has 7 nitrogen and oxygen atoms in total. The van der Waals surface area contributed by atoms with Crippen LogP contribution in [0.5, 0.6) is 5.75 Å². The Kier molecular flexibility index (Phi) is 8.23. The summed E-state index contributed by atoms with van der Waals surface area (Å²) in [5.41, 5.74) is 1.93. The van der Waals surface area contributed by atoms with Crippen LogP contribution >= 0.6 is 11.6 Å². The van der Waals surface area contributed by atoms with Gasteiger partial charge in [-0.3, -0.25) is 4.98 Å². The van der Waals surface area contributed by atoms with Crippen LogP contribution in [-0.2, 0) is 16.4 Å². The molecule has 38 heavy (non-hydrogen) atoms. The fraction of sp³-hybridized carbons (Fsp3) is 0.111. The Balaban J connectivity index is 1.70. The minimum Gasteiger partial charge on any atom is -0.497 e. The number of benzene rings is 3. The topological polar surface area (TPSA) is 97.4 Å². The molecule has 1 heterocycles. The van der Waals surface area contributed by atoms with E-state index in [9.17, 15) is 22.0 Å². The number of halogens is 3. The van der Waals surface area contributed by atoms with Crippen molar-refractivity contribution in [3.05, 3.63) is 113 Å². The zero-order valence-electron chi connectivity index (χ0n) is 20.0. The lowest BCUT2D eigenvalue weighted by Crippen LogP contribution is -2.42. The molecular weight excluding hydrogens is 536 g/mol. The second kappa shape index (κ2) is 11.6. The van der Waals surface area contributed by atoms with Gasteiger partial charge >= 0.3 is 6.03 Å². The van der Waals surface area contributed by atoms with Gasteiger partial charge in [-0.2, -0.15) is 0 Å². The molecule has 0 unspecified atom stereocenters. The maximum absolute atomic E-state index is 13.9. The highest BCUT2D eigenvalue weighted by Crippen LogP contribution is 2.30. The van der Waals surface area contributed by atoms with Crippen LogP contribution < -0.4 is 14.8 Å². The molecule has 0 saturated heterocycles. The van der Waals surface area contributed by atoms with Crippen LogP contribution in [0.4, 0.5) is 13.6 Å².